The molecule has 4 heteroatoms. The van der Waals surface area contributed by atoms with Crippen LogP contribution in [0.3, 0.4) is 0 Å². The van der Waals surface area contributed by atoms with Gasteiger partial charge in [0, 0.05) is 5.92 Å². The van der Waals surface area contributed by atoms with Crippen molar-refractivity contribution in [2.24, 2.45) is 28.4 Å². The summed E-state index contributed by atoms with van der Waals surface area (Å²) in [5, 5.41) is 2.64. The maximum absolute atomic E-state index is 11.9. The average Bonchev–Trinajstić information content (AvgIpc) is 2.99. The molecule has 2 fully saturated rings. The van der Waals surface area contributed by atoms with Crippen LogP contribution in [0.2, 0.25) is 0 Å². The minimum absolute atomic E-state index is 0.0213. The lowest BCUT2D eigenvalue weighted by atomic mass is 9.68. The molecule has 0 bridgehead atoms. The van der Waals surface area contributed by atoms with Crippen LogP contribution in [0.15, 0.2) is 0 Å². The predicted octanol–water partition coefficient (Wildman–Crippen LogP) is 1.83. The van der Waals surface area contributed by atoms with Crippen molar-refractivity contribution in [1.82, 2.24) is 5.32 Å². The van der Waals surface area contributed by atoms with Crippen LogP contribution < -0.4 is 11.1 Å². The first kappa shape index (κ1) is 14.4. The highest BCUT2D eigenvalue weighted by Crippen LogP contribution is 2.63. The lowest BCUT2D eigenvalue weighted by Crippen LogP contribution is -2.36. The largest absolute Gasteiger partial charge is 0.368 e. The van der Waals surface area contributed by atoms with Crippen molar-refractivity contribution < 1.29 is 9.59 Å². The minimum Gasteiger partial charge on any atom is -0.368 e. The molecule has 108 valence electrons. The third-order valence-corrected chi connectivity index (χ3v) is 5.15. The summed E-state index contributed by atoms with van der Waals surface area (Å²) in [4.78, 5) is 22.6. The zero-order chi connectivity index (χ0) is 14.3. The van der Waals surface area contributed by atoms with E-state index in [0.29, 0.717) is 5.41 Å². The molecule has 19 heavy (non-hydrogen) atoms. The Morgan fingerprint density at radius 2 is 1.84 bits per heavy atom. The lowest BCUT2D eigenvalue weighted by molar-refractivity contribution is -0.126. The zero-order valence-corrected chi connectivity index (χ0v) is 12.3. The third kappa shape index (κ3) is 3.10. The van der Waals surface area contributed by atoms with Crippen LogP contribution in [0.25, 0.3) is 0 Å². The van der Waals surface area contributed by atoms with Crippen molar-refractivity contribution in [3.05, 3.63) is 0 Å². The predicted molar refractivity (Wildman–Crippen MR) is 74.2 cm³/mol. The number of hydrogen-bond acceptors (Lipinski definition) is 2. The van der Waals surface area contributed by atoms with Gasteiger partial charge in [-0.3, -0.25) is 9.59 Å². The number of nitrogens with one attached hydrogen (secondary N) is 1. The highest BCUT2D eigenvalue weighted by Gasteiger charge is 2.58. The molecule has 2 amide bonds. The van der Waals surface area contributed by atoms with E-state index in [0.717, 1.165) is 25.2 Å². The monoisotopic (exact) mass is 266 g/mol. The Bertz CT molecular complexity index is 376. The van der Waals surface area contributed by atoms with Crippen LogP contribution in [-0.2, 0) is 9.59 Å². The highest BCUT2D eigenvalue weighted by atomic mass is 16.2. The van der Waals surface area contributed by atoms with E-state index in [4.69, 9.17) is 5.73 Å². The van der Waals surface area contributed by atoms with E-state index < -0.39 is 5.91 Å². The van der Waals surface area contributed by atoms with Crippen LogP contribution in [0.1, 0.15) is 52.9 Å². The molecule has 2 saturated carbocycles. The molecule has 0 heterocycles. The summed E-state index contributed by atoms with van der Waals surface area (Å²) in [6.07, 6.45) is 5.76. The van der Waals surface area contributed by atoms with Gasteiger partial charge in [-0.2, -0.15) is 0 Å². The summed E-state index contributed by atoms with van der Waals surface area (Å²) in [6.45, 7) is 6.88. The number of carbonyl (C=O) groups is 2. The van der Waals surface area contributed by atoms with Crippen molar-refractivity contribution in [3.8, 4) is 0 Å². The summed E-state index contributed by atoms with van der Waals surface area (Å²) in [6, 6.07) is 0. The summed E-state index contributed by atoms with van der Waals surface area (Å²) < 4.78 is 0. The second kappa shape index (κ2) is 4.80. The Morgan fingerprint density at radius 3 is 2.32 bits per heavy atom. The van der Waals surface area contributed by atoms with Gasteiger partial charge < -0.3 is 11.1 Å². The van der Waals surface area contributed by atoms with Gasteiger partial charge in [0.1, 0.15) is 0 Å². The summed E-state index contributed by atoms with van der Waals surface area (Å²) in [5.74, 6) is 0.438. The highest BCUT2D eigenvalue weighted by molar-refractivity contribution is 5.87. The summed E-state index contributed by atoms with van der Waals surface area (Å²) in [5.41, 5.74) is 5.66. The number of primary amides is 1. The van der Waals surface area contributed by atoms with E-state index in [1.165, 1.54) is 12.8 Å². The lowest BCUT2D eigenvalue weighted by Gasteiger charge is -2.37. The van der Waals surface area contributed by atoms with Crippen LogP contribution in [0.5, 0.6) is 0 Å². The smallest absolute Gasteiger partial charge is 0.236 e. The number of hydrogen-bond donors (Lipinski definition) is 2. The molecule has 0 aromatic carbocycles. The number of carbonyl (C=O) groups excluding carboxylic acids is 2. The Hall–Kier alpha value is -1.06. The maximum Gasteiger partial charge on any atom is 0.236 e. The van der Waals surface area contributed by atoms with Gasteiger partial charge in [0.05, 0.1) is 6.54 Å². The van der Waals surface area contributed by atoms with Crippen LogP contribution in [-0.4, -0.2) is 18.4 Å². The number of amides is 2. The minimum atomic E-state index is -0.473. The topological polar surface area (TPSA) is 72.2 Å². The van der Waals surface area contributed by atoms with Crippen LogP contribution in [0, 0.1) is 22.7 Å². The molecular weight excluding hydrogens is 240 g/mol. The molecule has 2 aliphatic rings. The fraction of sp³-hybridized carbons (Fsp3) is 0.867. The average molecular weight is 266 g/mol. The molecule has 1 atom stereocenters. The normalized spacial score (nSPS) is 34.1. The third-order valence-electron chi connectivity index (χ3n) is 5.15. The van der Waals surface area contributed by atoms with Gasteiger partial charge in [-0.1, -0.05) is 20.8 Å². The van der Waals surface area contributed by atoms with Crippen LogP contribution in [0.4, 0.5) is 0 Å². The molecule has 0 radical (unpaired) electrons. The Morgan fingerprint density at radius 1 is 1.26 bits per heavy atom. The molecule has 0 aromatic rings. The molecule has 2 rings (SSSR count). The van der Waals surface area contributed by atoms with Gasteiger partial charge >= 0.3 is 0 Å². The standard InChI is InChI=1S/C15H26N2O2/c1-14(2,3)10-4-6-15(7-5-10)8-11(15)13(19)17-9-12(16)18/h10-11H,4-9H2,1-3H3,(H2,16,18)(H,17,19). The van der Waals surface area contributed by atoms with E-state index >= 15 is 0 Å². The Labute approximate surface area is 115 Å². The molecule has 1 unspecified atom stereocenters. The first-order chi connectivity index (χ1) is 8.74. The van der Waals surface area contributed by atoms with Crippen molar-refractivity contribution in [3.63, 3.8) is 0 Å². The van der Waals surface area contributed by atoms with Crippen molar-refractivity contribution >= 4 is 11.8 Å². The second-order valence-electron chi connectivity index (χ2n) is 7.44. The number of rotatable bonds is 3. The molecule has 1 spiro atoms. The number of nitrogens with two attached hydrogens (primary N) is 1. The molecular formula is C15H26N2O2. The maximum atomic E-state index is 11.9. The molecule has 0 aliphatic heterocycles. The quantitative estimate of drug-likeness (QED) is 0.818. The Balaban J connectivity index is 1.83. The van der Waals surface area contributed by atoms with E-state index in [-0.39, 0.29) is 23.8 Å². The van der Waals surface area contributed by atoms with Gasteiger partial charge in [-0.05, 0) is 48.9 Å². The van der Waals surface area contributed by atoms with Crippen molar-refractivity contribution in [1.29, 1.82) is 0 Å². The molecule has 2 aliphatic carbocycles. The summed E-state index contributed by atoms with van der Waals surface area (Å²) >= 11 is 0. The summed E-state index contributed by atoms with van der Waals surface area (Å²) in [7, 11) is 0. The van der Waals surface area contributed by atoms with E-state index in [2.05, 4.69) is 26.1 Å². The van der Waals surface area contributed by atoms with Crippen molar-refractivity contribution in [2.75, 3.05) is 6.54 Å². The zero-order valence-electron chi connectivity index (χ0n) is 12.3. The fourth-order valence-corrected chi connectivity index (χ4v) is 3.63. The van der Waals surface area contributed by atoms with Crippen LogP contribution >= 0.6 is 0 Å². The van der Waals surface area contributed by atoms with E-state index in [9.17, 15) is 9.59 Å². The molecule has 4 nitrogen and oxygen atoms in total. The Kier molecular flexibility index (Phi) is 3.63. The molecule has 0 aromatic heterocycles. The molecule has 3 N–H and O–H groups in total. The first-order valence-corrected chi connectivity index (χ1v) is 7.31. The fourth-order valence-electron chi connectivity index (χ4n) is 3.63. The second-order valence-corrected chi connectivity index (χ2v) is 7.44. The SMILES string of the molecule is CC(C)(C)C1CCC2(CC1)CC2C(=O)NCC(N)=O. The van der Waals surface area contributed by atoms with E-state index in [1.54, 1.807) is 0 Å². The van der Waals surface area contributed by atoms with Crippen molar-refractivity contribution in [2.45, 2.75) is 52.9 Å². The van der Waals surface area contributed by atoms with Gasteiger partial charge in [0.25, 0.3) is 0 Å². The first-order valence-electron chi connectivity index (χ1n) is 7.31. The van der Waals surface area contributed by atoms with Gasteiger partial charge in [-0.25, -0.2) is 0 Å². The van der Waals surface area contributed by atoms with Gasteiger partial charge in [0.15, 0.2) is 0 Å². The molecule has 0 saturated heterocycles. The van der Waals surface area contributed by atoms with Gasteiger partial charge in [-0.15, -0.1) is 0 Å². The van der Waals surface area contributed by atoms with E-state index in [1.807, 2.05) is 0 Å². The van der Waals surface area contributed by atoms with Gasteiger partial charge in [0.2, 0.25) is 11.8 Å².